The van der Waals surface area contributed by atoms with E-state index in [2.05, 4.69) is 23.8 Å². The molecule has 1 aromatic heterocycles. The molecule has 3 heteroatoms. The monoisotopic (exact) mass is 177 g/mol. The van der Waals surface area contributed by atoms with Gasteiger partial charge in [0.05, 0.1) is 17.6 Å². The van der Waals surface area contributed by atoms with Crippen molar-refractivity contribution in [2.75, 3.05) is 5.73 Å². The molecule has 1 unspecified atom stereocenters. The van der Waals surface area contributed by atoms with Crippen molar-refractivity contribution in [3.63, 3.8) is 0 Å². The maximum Gasteiger partial charge on any atom is 0.132 e. The summed E-state index contributed by atoms with van der Waals surface area (Å²) < 4.78 is 0. The first kappa shape index (κ1) is 8.48. The van der Waals surface area contributed by atoms with Crippen molar-refractivity contribution in [2.45, 2.75) is 33.1 Å². The third kappa shape index (κ3) is 1.39. The molecular weight excluding hydrogens is 162 g/mol. The molecule has 1 fully saturated rings. The van der Waals surface area contributed by atoms with Crippen LogP contribution in [-0.2, 0) is 0 Å². The number of hydrogen-bond acceptors (Lipinski definition) is 3. The van der Waals surface area contributed by atoms with Crippen LogP contribution >= 0.6 is 0 Å². The van der Waals surface area contributed by atoms with Crippen molar-refractivity contribution in [1.82, 2.24) is 9.97 Å². The number of nitrogens with two attached hydrogens (primary N) is 1. The number of rotatable bonds is 1. The fourth-order valence-corrected chi connectivity index (χ4v) is 1.57. The molecule has 1 heterocycles. The van der Waals surface area contributed by atoms with Crippen LogP contribution in [0.4, 0.5) is 5.69 Å². The minimum absolute atomic E-state index is 0.391. The van der Waals surface area contributed by atoms with Crippen molar-refractivity contribution >= 4 is 5.69 Å². The van der Waals surface area contributed by atoms with Gasteiger partial charge in [-0.2, -0.15) is 0 Å². The number of hydrogen-bond donors (Lipinski definition) is 1. The van der Waals surface area contributed by atoms with E-state index in [-0.39, 0.29) is 0 Å². The molecule has 0 radical (unpaired) electrons. The molecule has 3 nitrogen and oxygen atoms in total. The van der Waals surface area contributed by atoms with Crippen molar-refractivity contribution in [2.24, 2.45) is 5.41 Å². The third-order valence-corrected chi connectivity index (χ3v) is 2.86. The normalized spacial score (nSPS) is 24.4. The van der Waals surface area contributed by atoms with Gasteiger partial charge in [-0.1, -0.05) is 13.8 Å². The van der Waals surface area contributed by atoms with Crippen molar-refractivity contribution < 1.29 is 0 Å². The first-order chi connectivity index (χ1) is 6.00. The van der Waals surface area contributed by atoms with E-state index in [1.807, 2.05) is 6.92 Å². The van der Waals surface area contributed by atoms with Crippen LogP contribution in [0, 0.1) is 12.3 Å². The molecule has 1 aromatic rings. The van der Waals surface area contributed by atoms with Crippen LogP contribution in [-0.4, -0.2) is 9.97 Å². The summed E-state index contributed by atoms with van der Waals surface area (Å²) in [4.78, 5) is 8.65. The van der Waals surface area contributed by atoms with Crippen molar-refractivity contribution in [1.29, 1.82) is 0 Å². The van der Waals surface area contributed by atoms with Gasteiger partial charge in [0.15, 0.2) is 0 Å². The summed E-state index contributed by atoms with van der Waals surface area (Å²) in [5, 5.41) is 0. The molecule has 0 bridgehead atoms. The quantitative estimate of drug-likeness (QED) is 0.712. The number of nitrogens with zero attached hydrogens (tertiary/aromatic N) is 2. The van der Waals surface area contributed by atoms with Crippen LogP contribution < -0.4 is 5.73 Å². The summed E-state index contributed by atoms with van der Waals surface area (Å²) in [5.41, 5.74) is 7.62. The predicted molar refractivity (Wildman–Crippen MR) is 52.3 cm³/mol. The van der Waals surface area contributed by atoms with Gasteiger partial charge in [0.2, 0.25) is 0 Å². The molecule has 1 atom stereocenters. The lowest BCUT2D eigenvalue weighted by molar-refractivity contribution is 0.607. The van der Waals surface area contributed by atoms with E-state index >= 15 is 0 Å². The molecule has 2 rings (SSSR count). The van der Waals surface area contributed by atoms with Crippen LogP contribution in [0.2, 0.25) is 0 Å². The van der Waals surface area contributed by atoms with Crippen LogP contribution in [0.3, 0.4) is 0 Å². The second kappa shape index (κ2) is 2.44. The standard InChI is InChI=1S/C10H15N3/c1-6-8(11)5-12-9(13-6)7-4-10(7,2)3/h5,7H,4,11H2,1-3H3. The van der Waals surface area contributed by atoms with Crippen LogP contribution in [0.5, 0.6) is 0 Å². The molecule has 0 amide bonds. The van der Waals surface area contributed by atoms with E-state index in [0.717, 1.165) is 11.5 Å². The number of aromatic nitrogens is 2. The maximum atomic E-state index is 5.65. The summed E-state index contributed by atoms with van der Waals surface area (Å²) in [6, 6.07) is 0. The van der Waals surface area contributed by atoms with Gasteiger partial charge in [-0.15, -0.1) is 0 Å². The Morgan fingerprint density at radius 1 is 1.54 bits per heavy atom. The molecule has 0 saturated heterocycles. The number of anilines is 1. The summed E-state index contributed by atoms with van der Waals surface area (Å²) in [7, 11) is 0. The minimum Gasteiger partial charge on any atom is -0.396 e. The topological polar surface area (TPSA) is 51.8 Å². The van der Waals surface area contributed by atoms with Gasteiger partial charge in [0.1, 0.15) is 5.82 Å². The van der Waals surface area contributed by atoms with Gasteiger partial charge < -0.3 is 5.73 Å². The lowest BCUT2D eigenvalue weighted by Crippen LogP contribution is -2.01. The molecule has 2 N–H and O–H groups in total. The van der Waals surface area contributed by atoms with Gasteiger partial charge in [-0.05, 0) is 18.8 Å². The minimum atomic E-state index is 0.391. The highest BCUT2D eigenvalue weighted by Gasteiger charge is 2.48. The summed E-state index contributed by atoms with van der Waals surface area (Å²) in [6.07, 6.45) is 2.91. The Balaban J connectivity index is 2.29. The number of aryl methyl sites for hydroxylation is 1. The van der Waals surface area contributed by atoms with Gasteiger partial charge in [0, 0.05) is 5.92 Å². The maximum absolute atomic E-state index is 5.65. The van der Waals surface area contributed by atoms with Gasteiger partial charge >= 0.3 is 0 Å². The van der Waals surface area contributed by atoms with Crippen LogP contribution in [0.25, 0.3) is 0 Å². The third-order valence-electron chi connectivity index (χ3n) is 2.86. The SMILES string of the molecule is Cc1nc(C2CC2(C)C)ncc1N. The smallest absolute Gasteiger partial charge is 0.132 e. The lowest BCUT2D eigenvalue weighted by Gasteiger charge is -2.04. The van der Waals surface area contributed by atoms with E-state index in [4.69, 9.17) is 5.73 Å². The molecular formula is C10H15N3. The van der Waals surface area contributed by atoms with Crippen LogP contribution in [0.1, 0.15) is 37.7 Å². The Morgan fingerprint density at radius 3 is 2.62 bits per heavy atom. The molecule has 13 heavy (non-hydrogen) atoms. The second-order valence-corrected chi connectivity index (χ2v) is 4.51. The van der Waals surface area contributed by atoms with E-state index < -0.39 is 0 Å². The Bertz CT molecular complexity index is 344. The van der Waals surface area contributed by atoms with Gasteiger partial charge in [-0.25, -0.2) is 9.97 Å². The predicted octanol–water partition coefficient (Wildman–Crippen LogP) is 1.88. The average Bonchev–Trinajstić information content (AvgIpc) is 2.66. The summed E-state index contributed by atoms with van der Waals surface area (Å²) in [5.74, 6) is 1.49. The summed E-state index contributed by atoms with van der Waals surface area (Å²) in [6.45, 7) is 6.41. The number of nitrogen functional groups attached to an aromatic ring is 1. The Morgan fingerprint density at radius 2 is 2.15 bits per heavy atom. The van der Waals surface area contributed by atoms with Crippen LogP contribution in [0.15, 0.2) is 6.20 Å². The zero-order valence-electron chi connectivity index (χ0n) is 8.33. The van der Waals surface area contributed by atoms with E-state index in [9.17, 15) is 0 Å². The molecule has 0 aromatic carbocycles. The second-order valence-electron chi connectivity index (χ2n) is 4.51. The van der Waals surface area contributed by atoms with Gasteiger partial charge in [0.25, 0.3) is 0 Å². The van der Waals surface area contributed by atoms with Crippen molar-refractivity contribution in [3.05, 3.63) is 17.7 Å². The molecule has 0 aliphatic heterocycles. The average molecular weight is 177 g/mol. The first-order valence-corrected chi connectivity index (χ1v) is 4.60. The Labute approximate surface area is 78.4 Å². The lowest BCUT2D eigenvalue weighted by atomic mass is 10.1. The molecule has 1 aliphatic carbocycles. The zero-order chi connectivity index (χ0) is 9.64. The fraction of sp³-hybridized carbons (Fsp3) is 0.600. The highest BCUT2D eigenvalue weighted by molar-refractivity contribution is 5.39. The molecule has 1 saturated carbocycles. The Kier molecular flexibility index (Phi) is 1.59. The molecule has 70 valence electrons. The highest BCUT2D eigenvalue weighted by Crippen LogP contribution is 2.57. The summed E-state index contributed by atoms with van der Waals surface area (Å²) >= 11 is 0. The zero-order valence-corrected chi connectivity index (χ0v) is 8.33. The first-order valence-electron chi connectivity index (χ1n) is 4.60. The van der Waals surface area contributed by atoms with E-state index in [0.29, 0.717) is 17.0 Å². The molecule has 1 aliphatic rings. The van der Waals surface area contributed by atoms with E-state index in [1.165, 1.54) is 6.42 Å². The molecule has 0 spiro atoms. The Hall–Kier alpha value is -1.12. The van der Waals surface area contributed by atoms with Gasteiger partial charge in [-0.3, -0.25) is 0 Å². The largest absolute Gasteiger partial charge is 0.396 e. The van der Waals surface area contributed by atoms with Crippen molar-refractivity contribution in [3.8, 4) is 0 Å². The fourth-order valence-electron chi connectivity index (χ4n) is 1.57. The highest BCUT2D eigenvalue weighted by atomic mass is 14.9. The van der Waals surface area contributed by atoms with E-state index in [1.54, 1.807) is 6.20 Å².